The van der Waals surface area contributed by atoms with Gasteiger partial charge in [-0.1, -0.05) is 6.07 Å². The summed E-state index contributed by atoms with van der Waals surface area (Å²) >= 11 is 0. The lowest BCUT2D eigenvalue weighted by molar-refractivity contribution is -0.143. The third-order valence-electron chi connectivity index (χ3n) is 2.32. The molecule has 1 aromatic rings. The Bertz CT molecular complexity index is 462. The molecule has 0 unspecified atom stereocenters. The summed E-state index contributed by atoms with van der Waals surface area (Å²) in [6.07, 6.45) is -0.0136. The summed E-state index contributed by atoms with van der Waals surface area (Å²) in [5, 5.41) is 2.40. The van der Waals surface area contributed by atoms with E-state index in [9.17, 15) is 14.0 Å². The van der Waals surface area contributed by atoms with E-state index < -0.39 is 11.8 Å². The van der Waals surface area contributed by atoms with Crippen LogP contribution in [0.5, 0.6) is 5.75 Å². The minimum Gasteiger partial charge on any atom is -0.494 e. The fourth-order valence-electron chi connectivity index (χ4n) is 1.45. The summed E-state index contributed by atoms with van der Waals surface area (Å²) in [5.74, 6) is -1.29. The van der Waals surface area contributed by atoms with Gasteiger partial charge in [0.25, 0.3) is 0 Å². The first-order valence-corrected chi connectivity index (χ1v) is 5.81. The van der Waals surface area contributed by atoms with Crippen molar-refractivity contribution in [3.8, 4) is 5.75 Å². The summed E-state index contributed by atoms with van der Waals surface area (Å²) < 4.78 is 22.8. The third kappa shape index (κ3) is 4.95. The second-order valence-electron chi connectivity index (χ2n) is 3.73. The summed E-state index contributed by atoms with van der Waals surface area (Å²) in [7, 11) is 1.37. The molecule has 0 heterocycles. The molecular formula is C13H16FNO4. The molecule has 0 aliphatic rings. The molecule has 1 rings (SSSR count). The minimum absolute atomic E-state index is 0.0136. The van der Waals surface area contributed by atoms with Crippen LogP contribution in [0.2, 0.25) is 0 Å². The Morgan fingerprint density at radius 2 is 2.11 bits per heavy atom. The van der Waals surface area contributed by atoms with Crippen molar-refractivity contribution in [3.05, 3.63) is 29.6 Å². The number of rotatable bonds is 6. The van der Waals surface area contributed by atoms with Gasteiger partial charge in [0.1, 0.15) is 6.54 Å². The zero-order valence-electron chi connectivity index (χ0n) is 10.9. The van der Waals surface area contributed by atoms with Gasteiger partial charge in [-0.15, -0.1) is 0 Å². The average molecular weight is 269 g/mol. The fraction of sp³-hybridized carbons (Fsp3) is 0.385. The molecule has 0 radical (unpaired) electrons. The van der Waals surface area contributed by atoms with E-state index in [4.69, 9.17) is 4.74 Å². The molecule has 1 aromatic carbocycles. The van der Waals surface area contributed by atoms with Gasteiger partial charge in [0.2, 0.25) is 5.91 Å². The summed E-state index contributed by atoms with van der Waals surface area (Å²) in [4.78, 5) is 22.5. The molecule has 5 nitrogen and oxygen atoms in total. The fourth-order valence-corrected chi connectivity index (χ4v) is 1.45. The Labute approximate surface area is 110 Å². The lowest BCUT2D eigenvalue weighted by Crippen LogP contribution is -2.31. The number of carbonyl (C=O) groups excluding carboxylic acids is 2. The average Bonchev–Trinajstić information content (AvgIpc) is 2.37. The van der Waals surface area contributed by atoms with Gasteiger partial charge >= 0.3 is 5.97 Å². The summed E-state index contributed by atoms with van der Waals surface area (Å²) in [6.45, 7) is 1.75. The van der Waals surface area contributed by atoms with E-state index in [1.165, 1.54) is 19.2 Å². The SMILES string of the molecule is CCOC(=O)CNC(=O)Cc1ccc(OC)c(F)c1. The number of benzene rings is 1. The predicted molar refractivity (Wildman–Crippen MR) is 66.3 cm³/mol. The van der Waals surface area contributed by atoms with Crippen LogP contribution >= 0.6 is 0 Å². The Balaban J connectivity index is 2.48. The molecule has 0 fully saturated rings. The van der Waals surface area contributed by atoms with Gasteiger partial charge in [-0.25, -0.2) is 4.39 Å². The molecule has 0 aromatic heterocycles. The quantitative estimate of drug-likeness (QED) is 0.784. The Kier molecular flexibility index (Phi) is 5.78. The molecule has 0 aliphatic heterocycles. The van der Waals surface area contributed by atoms with Crippen molar-refractivity contribution in [2.75, 3.05) is 20.3 Å². The number of hydrogen-bond acceptors (Lipinski definition) is 4. The summed E-state index contributed by atoms with van der Waals surface area (Å²) in [6, 6.07) is 4.26. The van der Waals surface area contributed by atoms with Gasteiger partial charge in [0.15, 0.2) is 11.6 Å². The molecule has 0 saturated heterocycles. The van der Waals surface area contributed by atoms with Gasteiger partial charge in [-0.05, 0) is 24.6 Å². The first-order chi connectivity index (χ1) is 9.06. The van der Waals surface area contributed by atoms with Crippen LogP contribution in [-0.2, 0) is 20.7 Å². The van der Waals surface area contributed by atoms with Crippen LogP contribution in [0.1, 0.15) is 12.5 Å². The number of methoxy groups -OCH3 is 1. The summed E-state index contributed by atoms with van der Waals surface area (Å²) in [5.41, 5.74) is 0.500. The van der Waals surface area contributed by atoms with Crippen molar-refractivity contribution >= 4 is 11.9 Å². The predicted octanol–water partition coefficient (Wildman–Crippen LogP) is 1.06. The van der Waals surface area contributed by atoms with Crippen LogP contribution in [0, 0.1) is 5.82 Å². The highest BCUT2D eigenvalue weighted by molar-refractivity contribution is 5.83. The minimum atomic E-state index is -0.529. The van der Waals surface area contributed by atoms with Crippen LogP contribution in [0.3, 0.4) is 0 Å². The van der Waals surface area contributed by atoms with E-state index in [1.807, 2.05) is 0 Å². The van der Waals surface area contributed by atoms with Gasteiger partial charge in [-0.3, -0.25) is 9.59 Å². The van der Waals surface area contributed by atoms with Crippen LogP contribution < -0.4 is 10.1 Å². The number of carbonyl (C=O) groups is 2. The van der Waals surface area contributed by atoms with Crippen molar-refractivity contribution in [3.63, 3.8) is 0 Å². The highest BCUT2D eigenvalue weighted by atomic mass is 19.1. The van der Waals surface area contributed by atoms with Gasteiger partial charge in [0.05, 0.1) is 20.1 Å². The number of nitrogens with one attached hydrogen (secondary N) is 1. The molecule has 1 N–H and O–H groups in total. The van der Waals surface area contributed by atoms with Crippen molar-refractivity contribution in [1.82, 2.24) is 5.32 Å². The van der Waals surface area contributed by atoms with Crippen LogP contribution in [0.25, 0.3) is 0 Å². The zero-order chi connectivity index (χ0) is 14.3. The molecule has 1 amide bonds. The van der Waals surface area contributed by atoms with E-state index in [2.05, 4.69) is 10.1 Å². The van der Waals surface area contributed by atoms with E-state index in [0.29, 0.717) is 5.56 Å². The van der Waals surface area contributed by atoms with E-state index in [1.54, 1.807) is 13.0 Å². The second-order valence-corrected chi connectivity index (χ2v) is 3.73. The Morgan fingerprint density at radius 1 is 1.37 bits per heavy atom. The van der Waals surface area contributed by atoms with Crippen LogP contribution in [-0.4, -0.2) is 32.1 Å². The van der Waals surface area contributed by atoms with Crippen molar-refractivity contribution in [1.29, 1.82) is 0 Å². The third-order valence-corrected chi connectivity index (χ3v) is 2.32. The Hall–Kier alpha value is -2.11. The molecule has 0 bridgehead atoms. The molecule has 19 heavy (non-hydrogen) atoms. The monoisotopic (exact) mass is 269 g/mol. The van der Waals surface area contributed by atoms with Gasteiger partial charge < -0.3 is 14.8 Å². The number of esters is 1. The van der Waals surface area contributed by atoms with Crippen LogP contribution in [0.15, 0.2) is 18.2 Å². The maximum atomic E-state index is 13.4. The maximum Gasteiger partial charge on any atom is 0.325 e. The smallest absolute Gasteiger partial charge is 0.325 e. The number of halogens is 1. The number of amides is 1. The number of hydrogen-bond donors (Lipinski definition) is 1. The molecule has 0 saturated carbocycles. The van der Waals surface area contributed by atoms with E-state index in [0.717, 1.165) is 0 Å². The zero-order valence-corrected chi connectivity index (χ0v) is 10.9. The highest BCUT2D eigenvalue weighted by Crippen LogP contribution is 2.17. The molecule has 0 aliphatic carbocycles. The van der Waals surface area contributed by atoms with Crippen molar-refractivity contribution < 1.29 is 23.5 Å². The topological polar surface area (TPSA) is 64.6 Å². The lowest BCUT2D eigenvalue weighted by Gasteiger charge is -2.06. The molecule has 0 atom stereocenters. The first kappa shape index (κ1) is 14.9. The first-order valence-electron chi connectivity index (χ1n) is 5.81. The normalized spacial score (nSPS) is 9.84. The molecular weight excluding hydrogens is 253 g/mol. The van der Waals surface area contributed by atoms with Gasteiger partial charge in [-0.2, -0.15) is 0 Å². The Morgan fingerprint density at radius 3 is 2.68 bits per heavy atom. The second kappa shape index (κ2) is 7.35. The van der Waals surface area contributed by atoms with E-state index >= 15 is 0 Å². The maximum absolute atomic E-state index is 13.4. The number of ether oxygens (including phenoxy) is 2. The molecule has 0 spiro atoms. The van der Waals surface area contributed by atoms with E-state index in [-0.39, 0.29) is 31.2 Å². The van der Waals surface area contributed by atoms with Crippen LogP contribution in [0.4, 0.5) is 4.39 Å². The van der Waals surface area contributed by atoms with Gasteiger partial charge in [0, 0.05) is 0 Å². The standard InChI is InChI=1S/C13H16FNO4/c1-3-19-13(17)8-15-12(16)7-9-4-5-11(18-2)10(14)6-9/h4-6H,3,7-8H2,1-2H3,(H,15,16). The highest BCUT2D eigenvalue weighted by Gasteiger charge is 2.09. The van der Waals surface area contributed by atoms with Crippen molar-refractivity contribution in [2.45, 2.75) is 13.3 Å². The lowest BCUT2D eigenvalue weighted by atomic mass is 10.1. The molecule has 104 valence electrons. The molecule has 6 heteroatoms. The largest absolute Gasteiger partial charge is 0.494 e. The van der Waals surface area contributed by atoms with Crippen molar-refractivity contribution in [2.24, 2.45) is 0 Å².